The van der Waals surface area contributed by atoms with Crippen molar-refractivity contribution in [2.24, 2.45) is 5.92 Å². The summed E-state index contributed by atoms with van der Waals surface area (Å²) in [6.07, 6.45) is 0.690. The predicted octanol–water partition coefficient (Wildman–Crippen LogP) is 3.37. The summed E-state index contributed by atoms with van der Waals surface area (Å²) < 4.78 is 14.3. The average Bonchev–Trinajstić information content (AvgIpc) is 2.59. The van der Waals surface area contributed by atoms with E-state index in [0.717, 1.165) is 0 Å². The van der Waals surface area contributed by atoms with Crippen LogP contribution in [0.5, 0.6) is 0 Å². The Hall–Kier alpha value is -2.69. The Balaban J connectivity index is 1.91. The minimum absolute atomic E-state index is 0.0768. The molecule has 0 unspecified atom stereocenters. The molecule has 5 heteroatoms. The van der Waals surface area contributed by atoms with Gasteiger partial charge < -0.3 is 10.2 Å². The van der Waals surface area contributed by atoms with Gasteiger partial charge in [0.1, 0.15) is 5.82 Å². The van der Waals surface area contributed by atoms with E-state index in [4.69, 9.17) is 0 Å². The van der Waals surface area contributed by atoms with Crippen LogP contribution in [0.3, 0.4) is 0 Å². The number of nitrogens with one attached hydrogen (secondary N) is 1. The van der Waals surface area contributed by atoms with E-state index in [1.165, 1.54) is 11.0 Å². The standard InChI is InChI=1S/C19H19FN2O2/c1-22-17(23)12-11-15(18(22)14-9-5-6-10-16(14)20)19(24)21-13-7-3-2-4-8-13/h2-10,15,18H,11-12H2,1H3,(H,21,24)/t15-,18+/m1/s1. The average molecular weight is 326 g/mol. The number of piperidine rings is 1. The number of amides is 2. The van der Waals surface area contributed by atoms with Crippen molar-refractivity contribution < 1.29 is 14.0 Å². The number of rotatable bonds is 3. The molecular weight excluding hydrogens is 307 g/mol. The number of para-hydroxylation sites is 1. The first-order valence-electron chi connectivity index (χ1n) is 7.94. The number of likely N-dealkylation sites (tertiary alicyclic amines) is 1. The van der Waals surface area contributed by atoms with Crippen LogP contribution in [0.25, 0.3) is 0 Å². The first kappa shape index (κ1) is 16.2. The minimum Gasteiger partial charge on any atom is -0.338 e. The van der Waals surface area contributed by atoms with Crippen LogP contribution in [0.2, 0.25) is 0 Å². The number of carbonyl (C=O) groups is 2. The van der Waals surface area contributed by atoms with Gasteiger partial charge in [0.15, 0.2) is 0 Å². The molecule has 0 bridgehead atoms. The quantitative estimate of drug-likeness (QED) is 0.940. The Kier molecular flexibility index (Phi) is 4.60. The van der Waals surface area contributed by atoms with Gasteiger partial charge in [0.25, 0.3) is 0 Å². The Morgan fingerprint density at radius 2 is 1.79 bits per heavy atom. The molecule has 3 rings (SSSR count). The van der Waals surface area contributed by atoms with Gasteiger partial charge in [0, 0.05) is 24.7 Å². The fourth-order valence-electron chi connectivity index (χ4n) is 3.21. The van der Waals surface area contributed by atoms with E-state index in [1.54, 1.807) is 37.4 Å². The second-order valence-corrected chi connectivity index (χ2v) is 5.97. The van der Waals surface area contributed by atoms with Gasteiger partial charge >= 0.3 is 0 Å². The van der Waals surface area contributed by atoms with Crippen LogP contribution in [0, 0.1) is 11.7 Å². The van der Waals surface area contributed by atoms with Crippen molar-refractivity contribution in [2.45, 2.75) is 18.9 Å². The fourth-order valence-corrected chi connectivity index (χ4v) is 3.21. The number of hydrogen-bond acceptors (Lipinski definition) is 2. The van der Waals surface area contributed by atoms with Crippen molar-refractivity contribution in [1.82, 2.24) is 4.90 Å². The zero-order valence-electron chi connectivity index (χ0n) is 13.4. The molecule has 1 heterocycles. The summed E-state index contributed by atoms with van der Waals surface area (Å²) in [4.78, 5) is 26.3. The number of halogens is 1. The zero-order chi connectivity index (χ0) is 17.1. The third kappa shape index (κ3) is 3.15. The van der Waals surface area contributed by atoms with Crippen LogP contribution in [0.15, 0.2) is 54.6 Å². The highest BCUT2D eigenvalue weighted by Gasteiger charge is 2.39. The second-order valence-electron chi connectivity index (χ2n) is 5.97. The van der Waals surface area contributed by atoms with Crippen molar-refractivity contribution >= 4 is 17.5 Å². The van der Waals surface area contributed by atoms with Gasteiger partial charge in [-0.3, -0.25) is 9.59 Å². The molecule has 2 aromatic carbocycles. The van der Waals surface area contributed by atoms with E-state index < -0.39 is 17.8 Å². The molecule has 24 heavy (non-hydrogen) atoms. The summed E-state index contributed by atoms with van der Waals surface area (Å²) >= 11 is 0. The van der Waals surface area contributed by atoms with Gasteiger partial charge in [-0.2, -0.15) is 0 Å². The van der Waals surface area contributed by atoms with Crippen LogP contribution in [-0.4, -0.2) is 23.8 Å². The lowest BCUT2D eigenvalue weighted by Crippen LogP contribution is -2.44. The first-order chi connectivity index (χ1) is 11.6. The van der Waals surface area contributed by atoms with Crippen molar-refractivity contribution in [3.05, 3.63) is 66.0 Å². The fraction of sp³-hybridized carbons (Fsp3) is 0.263. The summed E-state index contributed by atoms with van der Waals surface area (Å²) in [5, 5.41) is 2.87. The SMILES string of the molecule is CN1C(=O)CC[C@@H](C(=O)Nc2ccccc2)[C@@H]1c1ccccc1F. The first-order valence-corrected chi connectivity index (χ1v) is 7.94. The van der Waals surface area contributed by atoms with Gasteiger partial charge in [-0.1, -0.05) is 36.4 Å². The van der Waals surface area contributed by atoms with E-state index in [0.29, 0.717) is 17.7 Å². The van der Waals surface area contributed by atoms with Crippen LogP contribution < -0.4 is 5.32 Å². The van der Waals surface area contributed by atoms with Crippen LogP contribution in [0.1, 0.15) is 24.4 Å². The third-order valence-corrected chi connectivity index (χ3v) is 4.46. The number of hydrogen-bond donors (Lipinski definition) is 1. The molecule has 0 spiro atoms. The molecule has 2 atom stereocenters. The maximum atomic E-state index is 14.3. The Morgan fingerprint density at radius 1 is 1.12 bits per heavy atom. The lowest BCUT2D eigenvalue weighted by molar-refractivity contribution is -0.140. The van der Waals surface area contributed by atoms with E-state index in [1.807, 2.05) is 18.2 Å². The van der Waals surface area contributed by atoms with Crippen LogP contribution in [0.4, 0.5) is 10.1 Å². The highest BCUT2D eigenvalue weighted by Crippen LogP contribution is 2.37. The summed E-state index contributed by atoms with van der Waals surface area (Å²) in [6, 6.07) is 14.8. The zero-order valence-corrected chi connectivity index (χ0v) is 13.4. The van der Waals surface area contributed by atoms with E-state index in [-0.39, 0.29) is 18.2 Å². The second kappa shape index (κ2) is 6.83. The van der Waals surface area contributed by atoms with Crippen LogP contribution >= 0.6 is 0 Å². The molecule has 1 saturated heterocycles. The minimum atomic E-state index is -0.601. The largest absolute Gasteiger partial charge is 0.338 e. The Labute approximate surface area is 140 Å². The molecule has 4 nitrogen and oxygen atoms in total. The van der Waals surface area contributed by atoms with Crippen molar-refractivity contribution in [3.8, 4) is 0 Å². The normalized spacial score (nSPS) is 20.8. The van der Waals surface area contributed by atoms with E-state index in [2.05, 4.69) is 5.32 Å². The summed E-state index contributed by atoms with van der Waals surface area (Å²) in [5.41, 5.74) is 1.07. The Bertz CT molecular complexity index is 748. The Morgan fingerprint density at radius 3 is 2.50 bits per heavy atom. The highest BCUT2D eigenvalue weighted by molar-refractivity contribution is 5.94. The third-order valence-electron chi connectivity index (χ3n) is 4.46. The molecule has 0 radical (unpaired) electrons. The van der Waals surface area contributed by atoms with Gasteiger partial charge in [-0.05, 0) is 24.6 Å². The molecule has 1 aliphatic rings. The van der Waals surface area contributed by atoms with Crippen molar-refractivity contribution in [1.29, 1.82) is 0 Å². The maximum Gasteiger partial charge on any atom is 0.229 e. The number of nitrogens with zero attached hydrogens (tertiary/aromatic N) is 1. The molecule has 0 aromatic heterocycles. The van der Waals surface area contributed by atoms with E-state index >= 15 is 0 Å². The van der Waals surface area contributed by atoms with Gasteiger partial charge in [-0.15, -0.1) is 0 Å². The smallest absolute Gasteiger partial charge is 0.229 e. The van der Waals surface area contributed by atoms with Gasteiger partial charge in [0.05, 0.1) is 12.0 Å². The van der Waals surface area contributed by atoms with Gasteiger partial charge in [-0.25, -0.2) is 4.39 Å². The molecule has 0 saturated carbocycles. The molecule has 2 amide bonds. The maximum absolute atomic E-state index is 14.3. The lowest BCUT2D eigenvalue weighted by atomic mass is 9.83. The summed E-state index contributed by atoms with van der Waals surface area (Å²) in [5.74, 6) is -1.17. The monoisotopic (exact) mass is 326 g/mol. The summed E-state index contributed by atoms with van der Waals surface area (Å²) in [7, 11) is 1.63. The molecule has 1 aliphatic heterocycles. The molecule has 1 fully saturated rings. The predicted molar refractivity (Wildman–Crippen MR) is 89.7 cm³/mol. The molecule has 124 valence electrons. The topological polar surface area (TPSA) is 49.4 Å². The van der Waals surface area contributed by atoms with Crippen molar-refractivity contribution in [3.63, 3.8) is 0 Å². The molecule has 0 aliphatic carbocycles. The number of benzene rings is 2. The molecular formula is C19H19FN2O2. The van der Waals surface area contributed by atoms with Crippen molar-refractivity contribution in [2.75, 3.05) is 12.4 Å². The molecule has 2 aromatic rings. The lowest BCUT2D eigenvalue weighted by Gasteiger charge is -2.38. The number of anilines is 1. The van der Waals surface area contributed by atoms with Crippen LogP contribution in [-0.2, 0) is 9.59 Å². The molecule has 1 N–H and O–H groups in total. The van der Waals surface area contributed by atoms with Gasteiger partial charge in [0.2, 0.25) is 11.8 Å². The number of carbonyl (C=O) groups excluding carboxylic acids is 2. The van der Waals surface area contributed by atoms with E-state index in [9.17, 15) is 14.0 Å². The highest BCUT2D eigenvalue weighted by atomic mass is 19.1. The summed E-state index contributed by atoms with van der Waals surface area (Å²) in [6.45, 7) is 0.